The van der Waals surface area contributed by atoms with Crippen LogP contribution >= 0.6 is 0 Å². The van der Waals surface area contributed by atoms with Gasteiger partial charge in [-0.2, -0.15) is 33.7 Å². The lowest BCUT2D eigenvalue weighted by atomic mass is 10.1. The normalized spacial score (nSPS) is 13.2. The van der Waals surface area contributed by atoms with Gasteiger partial charge in [0.15, 0.2) is 0 Å². The molecule has 0 aromatic heterocycles. The van der Waals surface area contributed by atoms with Crippen LogP contribution in [0.3, 0.4) is 0 Å². The predicted octanol–water partition coefficient (Wildman–Crippen LogP) is 2.77. The minimum atomic E-state index is -4.90. The summed E-state index contributed by atoms with van der Waals surface area (Å²) >= 11 is 0. The van der Waals surface area contributed by atoms with Crippen molar-refractivity contribution in [1.82, 2.24) is 0 Å². The Hall–Kier alpha value is -3.16. The second-order valence-electron chi connectivity index (χ2n) is 7.61. The molecule has 0 aliphatic heterocycles. The van der Waals surface area contributed by atoms with Crippen LogP contribution in [0.25, 0.3) is 21.5 Å². The van der Waals surface area contributed by atoms with Gasteiger partial charge in [0.25, 0.3) is 40.5 Å². The van der Waals surface area contributed by atoms with Crippen molar-refractivity contribution in [1.29, 1.82) is 0 Å². The average molecular weight is 591 g/mol. The quantitative estimate of drug-likeness (QED) is 0.237. The summed E-state index contributed by atoms with van der Waals surface area (Å²) in [4.78, 5) is -2.66. The maximum Gasteiger partial charge on any atom is 0.294 e. The standard InChI is InChI=1S/C20H14O13S4/c21-34(22,23)13-3-4-17-12(6-13)7-16(37(30,31)32)9-19(17)33-20-10-15(36(27,28)29)5-11-1-2-14(8-18(11)20)35(24,25)26/h1-10H,(H,21,22,23)(H,24,25,26)(H,27,28,29)(H,30,31,32). The maximum atomic E-state index is 11.8. The number of hydrogen-bond donors (Lipinski definition) is 4. The molecule has 0 atom stereocenters. The highest BCUT2D eigenvalue weighted by molar-refractivity contribution is 7.86. The smallest absolute Gasteiger partial charge is 0.294 e. The van der Waals surface area contributed by atoms with Crippen molar-refractivity contribution in [3.8, 4) is 11.5 Å². The molecule has 4 N–H and O–H groups in total. The lowest BCUT2D eigenvalue weighted by molar-refractivity contribution is 0.473. The van der Waals surface area contributed by atoms with Crippen LogP contribution in [0.4, 0.5) is 0 Å². The first-order valence-corrected chi connectivity index (χ1v) is 15.3. The van der Waals surface area contributed by atoms with E-state index >= 15 is 0 Å². The molecular formula is C20H14O13S4. The zero-order valence-electron chi connectivity index (χ0n) is 17.9. The Bertz CT molecular complexity index is 2040. The third-order valence-electron chi connectivity index (χ3n) is 5.13. The van der Waals surface area contributed by atoms with Crippen LogP contribution in [0.1, 0.15) is 0 Å². The van der Waals surface area contributed by atoms with Crippen molar-refractivity contribution in [3.63, 3.8) is 0 Å². The molecule has 37 heavy (non-hydrogen) atoms. The van der Waals surface area contributed by atoms with E-state index in [2.05, 4.69) is 0 Å². The minimum Gasteiger partial charge on any atom is -0.456 e. The summed E-state index contributed by atoms with van der Waals surface area (Å²) < 4.78 is 137. The van der Waals surface area contributed by atoms with E-state index in [1.165, 1.54) is 0 Å². The zero-order chi connectivity index (χ0) is 27.6. The molecule has 0 aliphatic carbocycles. The molecule has 0 saturated carbocycles. The van der Waals surface area contributed by atoms with Crippen molar-refractivity contribution in [3.05, 3.63) is 60.7 Å². The van der Waals surface area contributed by atoms with Gasteiger partial charge in [-0.15, -0.1) is 0 Å². The summed E-state index contributed by atoms with van der Waals surface area (Å²) in [6, 6.07) is 9.46. The van der Waals surface area contributed by atoms with Gasteiger partial charge in [-0.1, -0.05) is 6.07 Å². The zero-order valence-corrected chi connectivity index (χ0v) is 21.1. The Labute approximate surface area is 209 Å². The molecule has 196 valence electrons. The van der Waals surface area contributed by atoms with E-state index in [0.29, 0.717) is 0 Å². The average Bonchev–Trinajstić information content (AvgIpc) is 2.75. The third-order valence-corrected chi connectivity index (χ3v) is 8.49. The van der Waals surface area contributed by atoms with Gasteiger partial charge < -0.3 is 4.74 Å². The molecule has 0 bridgehead atoms. The summed E-state index contributed by atoms with van der Waals surface area (Å²) in [5.41, 5.74) is 0. The molecule has 0 saturated heterocycles. The van der Waals surface area contributed by atoms with Crippen LogP contribution in [-0.2, 0) is 40.5 Å². The maximum absolute atomic E-state index is 11.8. The minimum absolute atomic E-state index is 0.0242. The van der Waals surface area contributed by atoms with Crippen molar-refractivity contribution in [2.45, 2.75) is 19.6 Å². The molecule has 0 fully saturated rings. The molecule has 0 spiro atoms. The third kappa shape index (κ3) is 5.58. The van der Waals surface area contributed by atoms with Crippen LogP contribution in [0.2, 0.25) is 0 Å². The lowest BCUT2D eigenvalue weighted by Crippen LogP contribution is -2.02. The van der Waals surface area contributed by atoms with Gasteiger partial charge in [0.05, 0.1) is 19.6 Å². The topological polar surface area (TPSA) is 227 Å². The number of fused-ring (bicyclic) bond motifs is 2. The van der Waals surface area contributed by atoms with Gasteiger partial charge in [0.2, 0.25) is 0 Å². The van der Waals surface area contributed by atoms with Gasteiger partial charge in [0, 0.05) is 22.9 Å². The Balaban J connectivity index is 2.07. The SMILES string of the molecule is O=S(=O)(O)c1ccc2c(Oc3cc(S(=O)(=O)O)cc4ccc(S(=O)(=O)O)cc34)cc(S(=O)(=O)O)cc2c1. The van der Waals surface area contributed by atoms with E-state index < -0.39 is 65.8 Å². The van der Waals surface area contributed by atoms with Crippen LogP contribution in [0.15, 0.2) is 80.2 Å². The predicted molar refractivity (Wildman–Crippen MR) is 127 cm³/mol. The molecule has 4 rings (SSSR count). The van der Waals surface area contributed by atoms with E-state index in [4.69, 9.17) is 4.74 Å². The highest BCUT2D eigenvalue weighted by Crippen LogP contribution is 2.39. The monoisotopic (exact) mass is 590 g/mol. The molecule has 4 aromatic carbocycles. The first-order chi connectivity index (χ1) is 16.8. The van der Waals surface area contributed by atoms with Crippen molar-refractivity contribution in [2.24, 2.45) is 0 Å². The molecule has 0 radical (unpaired) electrons. The van der Waals surface area contributed by atoms with E-state index in [9.17, 15) is 51.9 Å². The van der Waals surface area contributed by atoms with E-state index in [-0.39, 0.29) is 27.3 Å². The Kier molecular flexibility index (Phi) is 6.33. The lowest BCUT2D eigenvalue weighted by Gasteiger charge is -2.15. The van der Waals surface area contributed by atoms with E-state index in [1.807, 2.05) is 0 Å². The summed E-state index contributed by atoms with van der Waals surface area (Å²) in [6.07, 6.45) is 0. The van der Waals surface area contributed by atoms with E-state index in [1.54, 1.807) is 0 Å². The van der Waals surface area contributed by atoms with Gasteiger partial charge in [-0.25, -0.2) is 0 Å². The second-order valence-corrected chi connectivity index (χ2v) is 13.3. The molecule has 0 aliphatic rings. The molecule has 17 heteroatoms. The van der Waals surface area contributed by atoms with Crippen molar-refractivity contribution < 1.29 is 56.6 Å². The summed E-state index contributed by atoms with van der Waals surface area (Å²) in [7, 11) is -19.1. The fourth-order valence-electron chi connectivity index (χ4n) is 3.47. The Morgan fingerprint density at radius 1 is 0.432 bits per heavy atom. The number of hydrogen-bond acceptors (Lipinski definition) is 9. The highest BCUT2D eigenvalue weighted by atomic mass is 32.2. The molecule has 0 unspecified atom stereocenters. The van der Waals surface area contributed by atoms with Crippen LogP contribution in [-0.4, -0.2) is 51.9 Å². The first kappa shape index (κ1) is 26.9. The number of ether oxygens (including phenoxy) is 1. The van der Waals surface area contributed by atoms with Gasteiger partial charge >= 0.3 is 0 Å². The van der Waals surface area contributed by atoms with Gasteiger partial charge in [-0.3, -0.25) is 18.2 Å². The second kappa shape index (κ2) is 8.71. The first-order valence-electron chi connectivity index (χ1n) is 9.57. The Morgan fingerprint density at radius 2 is 0.838 bits per heavy atom. The van der Waals surface area contributed by atoms with Crippen LogP contribution < -0.4 is 4.74 Å². The summed E-state index contributed by atoms with van der Waals surface area (Å²) in [5.74, 6) is -0.804. The molecular weight excluding hydrogens is 576 g/mol. The van der Waals surface area contributed by atoms with E-state index in [0.717, 1.165) is 60.7 Å². The van der Waals surface area contributed by atoms with Gasteiger partial charge in [-0.05, 0) is 53.2 Å². The fourth-order valence-corrected chi connectivity index (χ4v) is 5.56. The summed E-state index contributed by atoms with van der Waals surface area (Å²) in [6.45, 7) is 0. The molecule has 0 heterocycles. The number of rotatable bonds is 6. The van der Waals surface area contributed by atoms with Crippen molar-refractivity contribution in [2.75, 3.05) is 0 Å². The Morgan fingerprint density at radius 3 is 1.35 bits per heavy atom. The van der Waals surface area contributed by atoms with Crippen LogP contribution in [0.5, 0.6) is 11.5 Å². The highest BCUT2D eigenvalue weighted by Gasteiger charge is 2.21. The fraction of sp³-hybridized carbons (Fsp3) is 0. The molecule has 0 amide bonds. The van der Waals surface area contributed by atoms with Crippen LogP contribution in [0, 0.1) is 0 Å². The summed E-state index contributed by atoms with van der Waals surface area (Å²) in [5, 5.41) is -0.186. The molecule has 4 aromatic rings. The molecule has 13 nitrogen and oxygen atoms in total. The van der Waals surface area contributed by atoms with Gasteiger partial charge in [0.1, 0.15) is 11.5 Å². The largest absolute Gasteiger partial charge is 0.456 e. The van der Waals surface area contributed by atoms with Crippen molar-refractivity contribution >= 4 is 62.0 Å². The number of benzene rings is 4.